The van der Waals surface area contributed by atoms with Crippen molar-refractivity contribution in [1.29, 1.82) is 0 Å². The molecule has 0 fully saturated rings. The molecule has 0 aromatic heterocycles. The predicted octanol–water partition coefficient (Wildman–Crippen LogP) is 3.59. The van der Waals surface area contributed by atoms with Crippen LogP contribution in [0.15, 0.2) is 24.3 Å². The van der Waals surface area contributed by atoms with E-state index in [2.05, 4.69) is 12.2 Å². The molecular weight excluding hydrogens is 240 g/mol. The third kappa shape index (κ3) is 7.60. The van der Waals surface area contributed by atoms with Crippen LogP contribution in [0, 0.1) is 5.92 Å². The van der Waals surface area contributed by atoms with E-state index in [9.17, 15) is 9.59 Å². The molecule has 0 bridgehead atoms. The van der Waals surface area contributed by atoms with E-state index < -0.39 is 5.60 Å². The van der Waals surface area contributed by atoms with Crippen LogP contribution >= 0.6 is 0 Å². The maximum atomic E-state index is 11.4. The molecule has 0 N–H and O–H groups in total. The van der Waals surface area contributed by atoms with Crippen LogP contribution in [0.2, 0.25) is 0 Å². The average molecular weight is 264 g/mol. The Morgan fingerprint density at radius 2 is 2.16 bits per heavy atom. The normalized spacial score (nSPS) is 19.3. The van der Waals surface area contributed by atoms with Crippen molar-refractivity contribution >= 4 is 11.8 Å². The number of esters is 1. The molecule has 0 unspecified atom stereocenters. The minimum atomic E-state index is -0.395. The Kier molecular flexibility index (Phi) is 6.00. The molecule has 0 aromatic rings. The van der Waals surface area contributed by atoms with Gasteiger partial charge in [-0.3, -0.25) is 9.59 Å². The van der Waals surface area contributed by atoms with Crippen molar-refractivity contribution < 1.29 is 14.3 Å². The minimum absolute atomic E-state index is 0.134. The van der Waals surface area contributed by atoms with Gasteiger partial charge < -0.3 is 4.74 Å². The fourth-order valence-corrected chi connectivity index (χ4v) is 1.95. The maximum Gasteiger partial charge on any atom is 0.306 e. The zero-order valence-electron chi connectivity index (χ0n) is 12.1. The summed E-state index contributed by atoms with van der Waals surface area (Å²) in [6.07, 6.45) is 11.5. The molecule has 1 rings (SSSR count). The van der Waals surface area contributed by atoms with E-state index in [0.29, 0.717) is 18.8 Å². The number of unbranched alkanes of at least 4 members (excludes halogenated alkanes) is 1. The largest absolute Gasteiger partial charge is 0.460 e. The SMILES string of the molecule is CC(C)(C)OC(=O)CCC/C=C\C[C@H]1C=CC(=O)C1. The Balaban J connectivity index is 2.06. The number of ketones is 1. The van der Waals surface area contributed by atoms with E-state index in [1.54, 1.807) is 6.08 Å². The second kappa shape index (κ2) is 7.27. The standard InChI is InChI=1S/C16H24O3/c1-16(2,3)19-15(18)9-7-5-4-6-8-13-10-11-14(17)12-13/h4,6,10-11,13H,5,7-9,12H2,1-3H3/b6-4-/t13-/m0/s1. The van der Waals surface area contributed by atoms with Crippen LogP contribution in [0.25, 0.3) is 0 Å². The molecule has 3 nitrogen and oxygen atoms in total. The van der Waals surface area contributed by atoms with Gasteiger partial charge in [0.2, 0.25) is 0 Å². The molecule has 1 atom stereocenters. The van der Waals surface area contributed by atoms with Crippen LogP contribution in [0.1, 0.15) is 52.9 Å². The van der Waals surface area contributed by atoms with E-state index in [-0.39, 0.29) is 11.8 Å². The molecule has 0 aromatic carbocycles. The Bertz CT molecular complexity index is 372. The van der Waals surface area contributed by atoms with Crippen molar-refractivity contribution in [2.75, 3.05) is 0 Å². The first-order valence-corrected chi connectivity index (χ1v) is 6.95. The van der Waals surface area contributed by atoms with Gasteiger partial charge in [-0.05, 0) is 52.0 Å². The molecule has 0 aliphatic heterocycles. The molecule has 0 radical (unpaired) electrons. The third-order valence-corrected chi connectivity index (χ3v) is 2.79. The maximum absolute atomic E-state index is 11.4. The van der Waals surface area contributed by atoms with Crippen LogP contribution in [0.4, 0.5) is 0 Å². The third-order valence-electron chi connectivity index (χ3n) is 2.79. The fraction of sp³-hybridized carbons (Fsp3) is 0.625. The molecule has 3 heteroatoms. The summed E-state index contributed by atoms with van der Waals surface area (Å²) in [5.41, 5.74) is -0.395. The molecule has 1 aliphatic carbocycles. The number of allylic oxidation sites excluding steroid dienone is 4. The number of rotatable bonds is 6. The van der Waals surface area contributed by atoms with Gasteiger partial charge in [-0.15, -0.1) is 0 Å². The van der Waals surface area contributed by atoms with Crippen molar-refractivity contribution in [3.05, 3.63) is 24.3 Å². The number of carbonyl (C=O) groups excluding carboxylic acids is 2. The fourth-order valence-electron chi connectivity index (χ4n) is 1.95. The van der Waals surface area contributed by atoms with Crippen molar-refractivity contribution in [2.45, 2.75) is 58.5 Å². The van der Waals surface area contributed by atoms with Crippen molar-refractivity contribution in [2.24, 2.45) is 5.92 Å². The summed E-state index contributed by atoms with van der Waals surface area (Å²) in [7, 11) is 0. The van der Waals surface area contributed by atoms with Gasteiger partial charge in [0.25, 0.3) is 0 Å². The lowest BCUT2D eigenvalue weighted by atomic mass is 10.0. The van der Waals surface area contributed by atoms with Gasteiger partial charge in [-0.25, -0.2) is 0 Å². The molecule has 106 valence electrons. The quantitative estimate of drug-likeness (QED) is 0.418. The van der Waals surface area contributed by atoms with Gasteiger partial charge in [0.05, 0.1) is 0 Å². The summed E-state index contributed by atoms with van der Waals surface area (Å²) in [6.45, 7) is 5.63. The molecular formula is C16H24O3. The second-order valence-corrected chi connectivity index (χ2v) is 5.98. The molecule has 0 amide bonds. The summed E-state index contributed by atoms with van der Waals surface area (Å²) < 4.78 is 5.23. The number of hydrogen-bond donors (Lipinski definition) is 0. The van der Waals surface area contributed by atoms with Gasteiger partial charge in [0.1, 0.15) is 5.60 Å². The van der Waals surface area contributed by atoms with Gasteiger partial charge >= 0.3 is 5.97 Å². The van der Waals surface area contributed by atoms with Gasteiger partial charge in [0, 0.05) is 12.8 Å². The highest BCUT2D eigenvalue weighted by molar-refractivity contribution is 5.92. The number of ether oxygens (including phenoxy) is 1. The Morgan fingerprint density at radius 1 is 1.42 bits per heavy atom. The van der Waals surface area contributed by atoms with Crippen molar-refractivity contribution in [1.82, 2.24) is 0 Å². The number of hydrogen-bond acceptors (Lipinski definition) is 3. The van der Waals surface area contributed by atoms with Crippen LogP contribution in [-0.2, 0) is 14.3 Å². The highest BCUT2D eigenvalue weighted by Gasteiger charge is 2.15. The first kappa shape index (κ1) is 15.7. The van der Waals surface area contributed by atoms with Crippen LogP contribution in [-0.4, -0.2) is 17.4 Å². The predicted molar refractivity (Wildman–Crippen MR) is 75.7 cm³/mol. The van der Waals surface area contributed by atoms with Crippen LogP contribution in [0.5, 0.6) is 0 Å². The Morgan fingerprint density at radius 3 is 2.74 bits per heavy atom. The number of carbonyl (C=O) groups is 2. The van der Waals surface area contributed by atoms with E-state index in [1.807, 2.05) is 26.8 Å². The van der Waals surface area contributed by atoms with Gasteiger partial charge in [-0.1, -0.05) is 18.2 Å². The zero-order valence-corrected chi connectivity index (χ0v) is 12.1. The average Bonchev–Trinajstić information content (AvgIpc) is 2.67. The van der Waals surface area contributed by atoms with Crippen LogP contribution in [0.3, 0.4) is 0 Å². The molecule has 0 heterocycles. The van der Waals surface area contributed by atoms with Crippen molar-refractivity contribution in [3.8, 4) is 0 Å². The van der Waals surface area contributed by atoms with Crippen molar-refractivity contribution in [3.63, 3.8) is 0 Å². The lowest BCUT2D eigenvalue weighted by Gasteiger charge is -2.19. The molecule has 0 saturated carbocycles. The first-order valence-electron chi connectivity index (χ1n) is 6.95. The molecule has 0 saturated heterocycles. The summed E-state index contributed by atoms with van der Waals surface area (Å²) in [6, 6.07) is 0. The lowest BCUT2D eigenvalue weighted by molar-refractivity contribution is -0.154. The first-order chi connectivity index (χ1) is 8.87. The minimum Gasteiger partial charge on any atom is -0.460 e. The van der Waals surface area contributed by atoms with E-state index >= 15 is 0 Å². The van der Waals surface area contributed by atoms with Gasteiger partial charge in [-0.2, -0.15) is 0 Å². The zero-order chi connectivity index (χ0) is 14.3. The van der Waals surface area contributed by atoms with Gasteiger partial charge in [0.15, 0.2) is 5.78 Å². The summed E-state index contributed by atoms with van der Waals surface area (Å²) in [5.74, 6) is 0.461. The summed E-state index contributed by atoms with van der Waals surface area (Å²) in [5, 5.41) is 0. The Labute approximate surface area is 115 Å². The smallest absolute Gasteiger partial charge is 0.306 e. The summed E-state index contributed by atoms with van der Waals surface area (Å²) in [4.78, 5) is 22.5. The van der Waals surface area contributed by atoms with E-state index in [4.69, 9.17) is 4.74 Å². The molecule has 0 spiro atoms. The highest BCUT2D eigenvalue weighted by atomic mass is 16.6. The monoisotopic (exact) mass is 264 g/mol. The van der Waals surface area contributed by atoms with E-state index in [0.717, 1.165) is 19.3 Å². The molecule has 1 aliphatic rings. The molecule has 19 heavy (non-hydrogen) atoms. The van der Waals surface area contributed by atoms with E-state index in [1.165, 1.54) is 0 Å². The lowest BCUT2D eigenvalue weighted by Crippen LogP contribution is -2.23. The summed E-state index contributed by atoms with van der Waals surface area (Å²) >= 11 is 0. The van der Waals surface area contributed by atoms with Crippen LogP contribution < -0.4 is 0 Å². The second-order valence-electron chi connectivity index (χ2n) is 5.98. The highest BCUT2D eigenvalue weighted by Crippen LogP contribution is 2.18. The topological polar surface area (TPSA) is 43.4 Å². The Hall–Kier alpha value is -1.38.